The number of fused-ring (bicyclic) bond motifs is 1. The van der Waals surface area contributed by atoms with Crippen LogP contribution in [0.2, 0.25) is 0 Å². The van der Waals surface area contributed by atoms with Crippen LogP contribution in [0.3, 0.4) is 0 Å². The Bertz CT molecular complexity index is 662. The minimum atomic E-state index is -0.438. The Labute approximate surface area is 119 Å². The van der Waals surface area contributed by atoms with Gasteiger partial charge in [0.1, 0.15) is 0 Å². The van der Waals surface area contributed by atoms with Gasteiger partial charge in [-0.3, -0.25) is 0 Å². The van der Waals surface area contributed by atoms with Crippen molar-refractivity contribution in [2.45, 2.75) is 52.7 Å². The minimum Gasteiger partial charge on any atom is -0.398 e. The lowest BCUT2D eigenvalue weighted by Crippen LogP contribution is -2.41. The first-order valence-corrected chi connectivity index (χ1v) is 6.89. The summed E-state index contributed by atoms with van der Waals surface area (Å²) in [6.07, 6.45) is 1.91. The van der Waals surface area contributed by atoms with Gasteiger partial charge in [0.25, 0.3) is 0 Å². The predicted octanol–water partition coefficient (Wildman–Crippen LogP) is 1.65. The summed E-state index contributed by atoms with van der Waals surface area (Å²) in [5.41, 5.74) is 2.93. The maximum Gasteiger partial charge on any atom is 0.516 e. The quantitative estimate of drug-likeness (QED) is 0.741. The summed E-state index contributed by atoms with van der Waals surface area (Å²) in [4.78, 5) is 4.42. The summed E-state index contributed by atoms with van der Waals surface area (Å²) in [5, 5.41) is 4.61. The molecule has 0 aliphatic carbocycles. The van der Waals surface area contributed by atoms with Crippen molar-refractivity contribution in [2.24, 2.45) is 0 Å². The number of nitrogens with zero attached hydrogens (tertiary/aromatic N) is 3. The third kappa shape index (κ3) is 1.94. The molecular weight excluding hydrogens is 253 g/mol. The zero-order valence-electron chi connectivity index (χ0n) is 12.9. The standard InChI is InChI=1S/C14H20BN3O2/c1-9-7-11-16-10(2)8-18(11)17-12(9)15-19-13(3,4)14(5,6)20-15/h7-8H,1-6H3. The molecule has 0 bridgehead atoms. The third-order valence-corrected chi connectivity index (χ3v) is 4.28. The second kappa shape index (κ2) is 4.05. The highest BCUT2D eigenvalue weighted by molar-refractivity contribution is 6.61. The maximum atomic E-state index is 6.07. The smallest absolute Gasteiger partial charge is 0.398 e. The zero-order valence-corrected chi connectivity index (χ0v) is 12.9. The summed E-state index contributed by atoms with van der Waals surface area (Å²) in [6, 6.07) is 2.01. The Hall–Kier alpha value is -1.40. The second-order valence-electron chi connectivity index (χ2n) is 6.49. The molecule has 6 heteroatoms. The predicted molar refractivity (Wildman–Crippen MR) is 78.2 cm³/mol. The lowest BCUT2D eigenvalue weighted by atomic mass is 9.81. The average molecular weight is 273 g/mol. The number of rotatable bonds is 1. The monoisotopic (exact) mass is 273 g/mol. The van der Waals surface area contributed by atoms with Crippen LogP contribution >= 0.6 is 0 Å². The largest absolute Gasteiger partial charge is 0.516 e. The SMILES string of the molecule is Cc1cn2nc(B3OC(C)(C)C(C)(C)O3)c(C)cc2n1. The Morgan fingerprint density at radius 1 is 1.10 bits per heavy atom. The van der Waals surface area contributed by atoms with Crippen molar-refractivity contribution in [3.63, 3.8) is 0 Å². The molecule has 0 saturated carbocycles. The molecule has 3 rings (SSSR count). The van der Waals surface area contributed by atoms with Gasteiger partial charge >= 0.3 is 7.12 Å². The van der Waals surface area contributed by atoms with Gasteiger partial charge in [0.05, 0.1) is 28.7 Å². The normalized spacial score (nSPS) is 20.8. The van der Waals surface area contributed by atoms with Gasteiger partial charge in [-0.1, -0.05) is 0 Å². The number of aryl methyl sites for hydroxylation is 2. The van der Waals surface area contributed by atoms with Crippen LogP contribution in [-0.4, -0.2) is 32.9 Å². The second-order valence-corrected chi connectivity index (χ2v) is 6.49. The van der Waals surface area contributed by atoms with Crippen LogP contribution in [-0.2, 0) is 9.31 Å². The molecule has 0 aromatic carbocycles. The first kappa shape index (κ1) is 13.6. The summed E-state index contributed by atoms with van der Waals surface area (Å²) >= 11 is 0. The van der Waals surface area contributed by atoms with Crippen LogP contribution < -0.4 is 5.59 Å². The molecular formula is C14H20BN3O2. The fourth-order valence-electron chi connectivity index (χ4n) is 2.33. The number of hydrogen-bond acceptors (Lipinski definition) is 4. The van der Waals surface area contributed by atoms with Gasteiger partial charge in [0.2, 0.25) is 0 Å². The molecule has 0 N–H and O–H groups in total. The molecule has 2 aromatic heterocycles. The summed E-state index contributed by atoms with van der Waals surface area (Å²) in [6.45, 7) is 12.1. The molecule has 0 atom stereocenters. The highest BCUT2D eigenvalue weighted by atomic mass is 16.7. The number of aromatic nitrogens is 3. The minimum absolute atomic E-state index is 0.356. The topological polar surface area (TPSA) is 48.7 Å². The van der Waals surface area contributed by atoms with Gasteiger partial charge in [-0.25, -0.2) is 9.50 Å². The molecule has 3 heterocycles. The molecule has 106 valence electrons. The van der Waals surface area contributed by atoms with Gasteiger partial charge in [-0.05, 0) is 53.2 Å². The van der Waals surface area contributed by atoms with E-state index < -0.39 is 7.12 Å². The molecule has 20 heavy (non-hydrogen) atoms. The van der Waals surface area contributed by atoms with Crippen LogP contribution in [0.5, 0.6) is 0 Å². The molecule has 1 aliphatic heterocycles. The molecule has 0 amide bonds. The fraction of sp³-hybridized carbons (Fsp3) is 0.571. The van der Waals surface area contributed by atoms with E-state index in [1.165, 1.54) is 0 Å². The van der Waals surface area contributed by atoms with Gasteiger partial charge in [-0.15, -0.1) is 0 Å². The molecule has 2 aromatic rings. The van der Waals surface area contributed by atoms with Gasteiger partial charge < -0.3 is 9.31 Å². The number of imidazole rings is 1. The molecule has 1 saturated heterocycles. The van der Waals surface area contributed by atoms with Crippen LogP contribution in [0.15, 0.2) is 12.3 Å². The van der Waals surface area contributed by atoms with E-state index in [0.29, 0.717) is 0 Å². The Morgan fingerprint density at radius 2 is 1.70 bits per heavy atom. The average Bonchev–Trinajstić information content (AvgIpc) is 2.74. The molecule has 1 fully saturated rings. The molecule has 0 unspecified atom stereocenters. The Kier molecular flexibility index (Phi) is 2.75. The van der Waals surface area contributed by atoms with Crippen molar-refractivity contribution in [1.29, 1.82) is 0 Å². The molecule has 0 radical (unpaired) electrons. The van der Waals surface area contributed by atoms with E-state index >= 15 is 0 Å². The zero-order chi connectivity index (χ0) is 14.7. The van der Waals surface area contributed by atoms with Crippen molar-refractivity contribution in [1.82, 2.24) is 14.6 Å². The molecule has 0 spiro atoms. The van der Waals surface area contributed by atoms with Gasteiger partial charge in [-0.2, -0.15) is 5.10 Å². The van der Waals surface area contributed by atoms with Crippen molar-refractivity contribution >= 4 is 18.4 Å². The molecule has 5 nitrogen and oxygen atoms in total. The lowest BCUT2D eigenvalue weighted by molar-refractivity contribution is 0.00578. The fourth-order valence-corrected chi connectivity index (χ4v) is 2.33. The van der Waals surface area contributed by atoms with E-state index in [1.807, 2.05) is 53.8 Å². The summed E-state index contributed by atoms with van der Waals surface area (Å²) in [7, 11) is -0.438. The van der Waals surface area contributed by atoms with E-state index in [2.05, 4.69) is 10.1 Å². The van der Waals surface area contributed by atoms with Crippen LogP contribution in [0, 0.1) is 13.8 Å². The highest BCUT2D eigenvalue weighted by Gasteiger charge is 2.52. The van der Waals surface area contributed by atoms with Gasteiger partial charge in [0.15, 0.2) is 5.65 Å². The first-order chi connectivity index (χ1) is 9.19. The van der Waals surface area contributed by atoms with E-state index in [4.69, 9.17) is 9.31 Å². The highest BCUT2D eigenvalue weighted by Crippen LogP contribution is 2.36. The van der Waals surface area contributed by atoms with Crippen molar-refractivity contribution in [3.8, 4) is 0 Å². The summed E-state index contributed by atoms with van der Waals surface area (Å²) < 4.78 is 13.9. The van der Waals surface area contributed by atoms with E-state index in [9.17, 15) is 0 Å². The van der Waals surface area contributed by atoms with Crippen LogP contribution in [0.25, 0.3) is 5.65 Å². The van der Waals surface area contributed by atoms with E-state index in [-0.39, 0.29) is 11.2 Å². The molecule has 1 aliphatic rings. The van der Waals surface area contributed by atoms with Crippen molar-refractivity contribution in [2.75, 3.05) is 0 Å². The Morgan fingerprint density at radius 3 is 2.30 bits per heavy atom. The van der Waals surface area contributed by atoms with Crippen molar-refractivity contribution < 1.29 is 9.31 Å². The van der Waals surface area contributed by atoms with Gasteiger partial charge in [0, 0.05) is 0 Å². The van der Waals surface area contributed by atoms with E-state index in [0.717, 1.165) is 22.5 Å². The number of hydrogen-bond donors (Lipinski definition) is 0. The Balaban J connectivity index is 2.05. The van der Waals surface area contributed by atoms with Crippen LogP contribution in [0.1, 0.15) is 39.0 Å². The third-order valence-electron chi connectivity index (χ3n) is 4.28. The van der Waals surface area contributed by atoms with Crippen LogP contribution in [0.4, 0.5) is 0 Å². The van der Waals surface area contributed by atoms with Crippen molar-refractivity contribution in [3.05, 3.63) is 23.5 Å². The first-order valence-electron chi connectivity index (χ1n) is 6.89. The maximum absolute atomic E-state index is 6.07. The lowest BCUT2D eigenvalue weighted by Gasteiger charge is -2.32. The van der Waals surface area contributed by atoms with E-state index in [1.54, 1.807) is 4.52 Å². The summed E-state index contributed by atoms with van der Waals surface area (Å²) in [5.74, 6) is 0.